The average molecular weight is 310 g/mol. The van der Waals surface area contributed by atoms with Crippen molar-refractivity contribution in [2.45, 2.75) is 43.1 Å². The Morgan fingerprint density at radius 2 is 2.55 bits per heavy atom. The summed E-state index contributed by atoms with van der Waals surface area (Å²) in [6.07, 6.45) is -7.80. The molecule has 4 heteroatoms. The SMILES string of the molecule is [2H]c1c([2H])c2c3c(c1OC([2H])([2H])[2H])OC1C(=O)C([2H])([2H])C[C@]4([2H])[C@@]31CCN(C)[C@]4([2H])C2([2H])[2H]. The molecule has 1 unspecified atom stereocenters. The van der Waals surface area contributed by atoms with E-state index in [1.165, 1.54) is 11.9 Å². The monoisotopic (exact) mass is 310 g/mol. The van der Waals surface area contributed by atoms with Gasteiger partial charge in [-0.05, 0) is 50.3 Å². The minimum atomic E-state index is -3.06. The van der Waals surface area contributed by atoms with Crippen LogP contribution in [0.1, 0.15) is 45.4 Å². The van der Waals surface area contributed by atoms with E-state index in [9.17, 15) is 7.54 Å². The molecule has 0 amide bonds. The van der Waals surface area contributed by atoms with Crippen LogP contribution in [0, 0.1) is 5.89 Å². The molecule has 0 N–H and O–H groups in total. The van der Waals surface area contributed by atoms with Crippen LogP contribution in [-0.4, -0.2) is 43.4 Å². The van der Waals surface area contributed by atoms with E-state index in [2.05, 4.69) is 0 Å². The third-order valence-electron chi connectivity index (χ3n) is 5.18. The van der Waals surface area contributed by atoms with Crippen LogP contribution < -0.4 is 9.47 Å². The van der Waals surface area contributed by atoms with E-state index in [1.54, 1.807) is 0 Å². The number of benzene rings is 1. The predicted molar refractivity (Wildman–Crippen MR) is 81.6 cm³/mol. The predicted octanol–water partition coefficient (Wildman–Crippen LogP) is 1.93. The lowest BCUT2D eigenvalue weighted by Gasteiger charge is -2.57. The first-order chi connectivity index (χ1) is 14.9. The van der Waals surface area contributed by atoms with E-state index >= 15 is 0 Å². The molecule has 4 nitrogen and oxygen atoms in total. The van der Waals surface area contributed by atoms with Gasteiger partial charge in [-0.2, -0.15) is 0 Å². The molecule has 1 saturated heterocycles. The maximum absolute atomic E-state index is 13.2. The second-order valence-corrected chi connectivity index (χ2v) is 6.07. The topological polar surface area (TPSA) is 38.8 Å². The van der Waals surface area contributed by atoms with Crippen LogP contribution in [0.4, 0.5) is 0 Å². The molecule has 4 aliphatic rings. The largest absolute Gasteiger partial charge is 0.493 e. The second-order valence-electron chi connectivity index (χ2n) is 6.07. The number of nitrogens with zero attached hydrogens (tertiary/aromatic N) is 1. The molecule has 2 bridgehead atoms. The second kappa shape index (κ2) is 4.05. The molecule has 2 fully saturated rings. The highest BCUT2D eigenvalue weighted by Gasteiger charge is 2.65. The number of ether oxygens (including phenoxy) is 2. The van der Waals surface area contributed by atoms with Gasteiger partial charge in [0, 0.05) is 31.6 Å². The van der Waals surface area contributed by atoms with Crippen molar-refractivity contribution in [2.24, 2.45) is 5.89 Å². The van der Waals surface area contributed by atoms with Crippen LogP contribution in [0.15, 0.2) is 12.1 Å². The third kappa shape index (κ3) is 1.27. The Bertz CT molecular complexity index is 1120. The van der Waals surface area contributed by atoms with Gasteiger partial charge < -0.3 is 14.4 Å². The number of piperidine rings is 1. The number of hydrogen-bond donors (Lipinski definition) is 0. The minimum Gasteiger partial charge on any atom is -0.493 e. The summed E-state index contributed by atoms with van der Waals surface area (Å²) in [6.45, 7) is 0.0735. The van der Waals surface area contributed by atoms with Crippen LogP contribution in [0.25, 0.3) is 0 Å². The van der Waals surface area contributed by atoms with E-state index in [-0.39, 0.29) is 18.5 Å². The molecule has 22 heavy (non-hydrogen) atoms. The highest BCUT2D eigenvalue weighted by atomic mass is 16.5. The van der Waals surface area contributed by atoms with Crippen molar-refractivity contribution in [3.8, 4) is 11.5 Å². The molecule has 2 heterocycles. The zero-order valence-corrected chi connectivity index (χ0v) is 11.9. The molecule has 4 atom stereocenters. The van der Waals surface area contributed by atoms with Crippen LogP contribution in [0.5, 0.6) is 11.5 Å². The molecule has 116 valence electrons. The van der Waals surface area contributed by atoms with Crippen LogP contribution in [0.2, 0.25) is 0 Å². The van der Waals surface area contributed by atoms with Gasteiger partial charge in [-0.15, -0.1) is 0 Å². The van der Waals surface area contributed by atoms with E-state index in [0.717, 1.165) is 0 Å². The Labute approximate surface area is 145 Å². The van der Waals surface area contributed by atoms with Crippen molar-refractivity contribution in [3.63, 3.8) is 0 Å². The smallest absolute Gasteiger partial charge is 0.174 e. The van der Waals surface area contributed by atoms with Crippen molar-refractivity contribution in [1.82, 2.24) is 4.90 Å². The number of methoxy groups -OCH3 is 1. The number of carbonyl (C=O) groups excluding carboxylic acids is 1. The first-order valence-electron chi connectivity index (χ1n) is 12.7. The number of ketones is 1. The Morgan fingerprint density at radius 3 is 3.41 bits per heavy atom. The van der Waals surface area contributed by atoms with Gasteiger partial charge in [0.15, 0.2) is 23.4 Å². The van der Waals surface area contributed by atoms with Gasteiger partial charge in [0.1, 0.15) is 0 Å². The maximum Gasteiger partial charge on any atom is 0.174 e. The van der Waals surface area contributed by atoms with Gasteiger partial charge in [0.05, 0.1) is 13.9 Å². The molecule has 2 aliphatic heterocycles. The summed E-state index contributed by atoms with van der Waals surface area (Å²) in [5.41, 5.74) is -2.24. The standard InChI is InChI=1S/C18H21NO3/c1-19-8-7-18-11-4-5-13(20)17(18)22-16-14(21-2)6-3-10(15(16)18)9-12(11)19/h3,6,11-12,17H,4-5,7-9H2,1-2H3/t11-,12+,17?,18-/m0/s1/i2D3,3D,5D2,6D,9D2,11D,12D. The number of Topliss-reactive ketones (excluding diaryl/α,β-unsaturated/α-hetero) is 1. The Hall–Kier alpha value is -1.55. The molecule has 1 saturated carbocycles. The molecular formula is C18H21NO3. The number of likely N-dealkylation sites (N-methyl/N-ethyl adjacent to an activating group) is 1. The van der Waals surface area contributed by atoms with E-state index < -0.39 is 84.6 Å². The summed E-state index contributed by atoms with van der Waals surface area (Å²) in [6, 6.07) is -3.93. The number of likely N-dealkylation sites (tertiary alicyclic amines) is 1. The molecule has 2 aliphatic carbocycles. The lowest BCUT2D eigenvalue weighted by molar-refractivity contribution is -0.138. The summed E-state index contributed by atoms with van der Waals surface area (Å²) >= 11 is 0. The van der Waals surface area contributed by atoms with Gasteiger partial charge in [-0.25, -0.2) is 0 Å². The fourth-order valence-corrected chi connectivity index (χ4v) is 4.21. The zero-order valence-electron chi connectivity index (χ0n) is 22.9. The summed E-state index contributed by atoms with van der Waals surface area (Å²) in [5.74, 6) is -4.35. The van der Waals surface area contributed by atoms with E-state index in [1.807, 2.05) is 0 Å². The molecule has 0 aromatic heterocycles. The number of rotatable bonds is 1. The molecule has 5 rings (SSSR count). The summed E-state index contributed by atoms with van der Waals surface area (Å²) in [4.78, 5) is 14.5. The van der Waals surface area contributed by atoms with Crippen LogP contribution in [0.3, 0.4) is 0 Å². The van der Waals surface area contributed by atoms with Crippen molar-refractivity contribution in [2.75, 3.05) is 20.6 Å². The highest BCUT2D eigenvalue weighted by Crippen LogP contribution is 2.62. The van der Waals surface area contributed by atoms with E-state index in [0.29, 0.717) is 0 Å². The summed E-state index contributed by atoms with van der Waals surface area (Å²) in [5, 5.41) is 0. The van der Waals surface area contributed by atoms with Gasteiger partial charge in [-0.3, -0.25) is 4.79 Å². The van der Waals surface area contributed by atoms with Gasteiger partial charge >= 0.3 is 0 Å². The van der Waals surface area contributed by atoms with Gasteiger partial charge in [0.2, 0.25) is 0 Å². The Balaban J connectivity index is 1.98. The first-order valence-corrected chi connectivity index (χ1v) is 7.18. The van der Waals surface area contributed by atoms with Crippen LogP contribution >= 0.6 is 0 Å². The third-order valence-corrected chi connectivity index (χ3v) is 5.18. The lowest BCUT2D eigenvalue weighted by Crippen LogP contribution is -2.65. The first kappa shape index (κ1) is 6.16. The Kier molecular flexibility index (Phi) is 1.13. The summed E-state index contributed by atoms with van der Waals surface area (Å²) in [7, 11) is -1.62. The van der Waals surface area contributed by atoms with Crippen molar-refractivity contribution >= 4 is 5.78 Å². The normalized spacial score (nSPS) is 57.6. The quantitative estimate of drug-likeness (QED) is 0.794. The zero-order chi connectivity index (χ0) is 24.7. The minimum absolute atomic E-state index is 0.0141. The molecule has 1 aromatic carbocycles. The van der Waals surface area contributed by atoms with E-state index in [4.69, 9.17) is 21.8 Å². The highest BCUT2D eigenvalue weighted by molar-refractivity contribution is 5.89. The molecule has 1 spiro atoms. The van der Waals surface area contributed by atoms with Crippen molar-refractivity contribution < 1.29 is 29.3 Å². The van der Waals surface area contributed by atoms with Gasteiger partial charge in [-0.1, -0.05) is 6.04 Å². The molecule has 1 aromatic rings. The molecule has 0 radical (unpaired) electrons. The molecular weight excluding hydrogens is 278 g/mol. The lowest BCUT2D eigenvalue weighted by atomic mass is 9.52. The maximum atomic E-state index is 13.2. The Morgan fingerprint density at radius 1 is 1.64 bits per heavy atom. The number of hydrogen-bond acceptors (Lipinski definition) is 4. The van der Waals surface area contributed by atoms with Crippen LogP contribution in [-0.2, 0) is 16.6 Å². The summed E-state index contributed by atoms with van der Waals surface area (Å²) < 4.78 is 103. The van der Waals surface area contributed by atoms with Crippen molar-refractivity contribution in [1.29, 1.82) is 0 Å². The average Bonchev–Trinajstić information content (AvgIpc) is 3.00. The fraction of sp³-hybridized carbons (Fsp3) is 0.611. The number of carbonyl (C=O) groups is 1. The van der Waals surface area contributed by atoms with Crippen molar-refractivity contribution in [3.05, 3.63) is 23.2 Å². The fourth-order valence-electron chi connectivity index (χ4n) is 4.21. The van der Waals surface area contributed by atoms with Gasteiger partial charge in [0.25, 0.3) is 0 Å².